The number of rotatable bonds is 8. The van der Waals surface area contributed by atoms with Crippen LogP contribution in [0.2, 0.25) is 0 Å². The summed E-state index contributed by atoms with van der Waals surface area (Å²) in [6, 6.07) is 4.23. The molecule has 0 bridgehead atoms. The van der Waals surface area contributed by atoms with E-state index in [2.05, 4.69) is 34.3 Å². The highest BCUT2D eigenvalue weighted by molar-refractivity contribution is 5.74. The lowest BCUT2D eigenvalue weighted by Crippen LogP contribution is -2.52. The second kappa shape index (κ2) is 10.2. The van der Waals surface area contributed by atoms with Crippen molar-refractivity contribution in [3.8, 4) is 0 Å². The molecule has 24 heavy (non-hydrogen) atoms. The molecule has 0 saturated carbocycles. The van der Waals surface area contributed by atoms with Crippen LogP contribution in [0.4, 0.5) is 10.6 Å². The van der Waals surface area contributed by atoms with E-state index in [4.69, 9.17) is 0 Å². The Labute approximate surface area is 146 Å². The van der Waals surface area contributed by atoms with Crippen LogP contribution in [0.25, 0.3) is 0 Å². The molecule has 0 aliphatic carbocycles. The van der Waals surface area contributed by atoms with Crippen LogP contribution in [-0.4, -0.2) is 48.6 Å². The number of carbonyl (C=O) groups is 1. The number of amides is 2. The second-order valence-corrected chi connectivity index (χ2v) is 6.67. The Morgan fingerprint density at radius 1 is 1.08 bits per heavy atom. The third-order valence-electron chi connectivity index (χ3n) is 4.59. The summed E-state index contributed by atoms with van der Waals surface area (Å²) < 4.78 is 0. The molecule has 1 aliphatic heterocycles. The van der Waals surface area contributed by atoms with E-state index in [-0.39, 0.29) is 6.03 Å². The number of unbranched alkanes of at least 4 members (excludes halogenated alkanes) is 5. The predicted octanol–water partition coefficient (Wildman–Crippen LogP) is 3.58. The number of urea groups is 1. The number of pyridine rings is 1. The molecule has 1 aromatic rings. The predicted molar refractivity (Wildman–Crippen MR) is 99.5 cm³/mol. The second-order valence-electron chi connectivity index (χ2n) is 6.67. The monoisotopic (exact) mass is 332 g/mol. The van der Waals surface area contributed by atoms with E-state index >= 15 is 0 Å². The molecule has 0 unspecified atom stereocenters. The molecule has 0 aromatic carbocycles. The number of carbonyl (C=O) groups excluding carboxylic acids is 1. The van der Waals surface area contributed by atoms with Crippen molar-refractivity contribution in [2.75, 3.05) is 37.6 Å². The first kappa shape index (κ1) is 18.6. The van der Waals surface area contributed by atoms with Gasteiger partial charge in [-0.2, -0.15) is 0 Å². The highest BCUT2D eigenvalue weighted by Crippen LogP contribution is 2.13. The summed E-state index contributed by atoms with van der Waals surface area (Å²) in [7, 11) is 0. The third kappa shape index (κ3) is 6.02. The van der Waals surface area contributed by atoms with Gasteiger partial charge in [0.15, 0.2) is 0 Å². The molecular weight excluding hydrogens is 300 g/mol. The normalized spacial score (nSPS) is 14.8. The smallest absolute Gasteiger partial charge is 0.317 e. The maximum Gasteiger partial charge on any atom is 0.317 e. The maximum absolute atomic E-state index is 12.2. The maximum atomic E-state index is 12.2. The van der Waals surface area contributed by atoms with Gasteiger partial charge in [0.05, 0.1) is 0 Å². The molecule has 1 saturated heterocycles. The van der Waals surface area contributed by atoms with Gasteiger partial charge in [-0.1, -0.05) is 45.1 Å². The van der Waals surface area contributed by atoms with Gasteiger partial charge in [-0.05, 0) is 25.0 Å². The molecule has 2 heterocycles. The number of hydrogen-bond acceptors (Lipinski definition) is 3. The Balaban J connectivity index is 1.61. The minimum Gasteiger partial charge on any atom is -0.353 e. The van der Waals surface area contributed by atoms with Crippen LogP contribution in [0.1, 0.15) is 51.0 Å². The Kier molecular flexibility index (Phi) is 7.86. The van der Waals surface area contributed by atoms with Gasteiger partial charge in [-0.3, -0.25) is 0 Å². The van der Waals surface area contributed by atoms with Gasteiger partial charge >= 0.3 is 6.03 Å². The Bertz CT molecular complexity index is 481. The van der Waals surface area contributed by atoms with E-state index in [0.717, 1.165) is 45.0 Å². The van der Waals surface area contributed by atoms with Gasteiger partial charge < -0.3 is 15.1 Å². The number of piperazine rings is 1. The van der Waals surface area contributed by atoms with Crippen molar-refractivity contribution in [1.29, 1.82) is 0 Å². The molecule has 0 spiro atoms. The molecule has 2 amide bonds. The van der Waals surface area contributed by atoms with E-state index in [1.54, 1.807) is 0 Å². The first-order valence-corrected chi connectivity index (χ1v) is 9.41. The van der Waals surface area contributed by atoms with Crippen LogP contribution < -0.4 is 10.2 Å². The number of anilines is 1. The van der Waals surface area contributed by atoms with Crippen molar-refractivity contribution in [3.05, 3.63) is 23.9 Å². The number of hydrogen-bond donors (Lipinski definition) is 1. The van der Waals surface area contributed by atoms with E-state index in [0.29, 0.717) is 0 Å². The van der Waals surface area contributed by atoms with Crippen molar-refractivity contribution >= 4 is 11.8 Å². The average Bonchev–Trinajstić information content (AvgIpc) is 2.61. The number of aromatic nitrogens is 1. The first-order chi connectivity index (χ1) is 11.7. The molecular formula is C19H32N4O. The first-order valence-electron chi connectivity index (χ1n) is 9.41. The fourth-order valence-electron chi connectivity index (χ4n) is 3.00. The topological polar surface area (TPSA) is 48.5 Å². The van der Waals surface area contributed by atoms with Crippen LogP contribution in [0.15, 0.2) is 18.3 Å². The van der Waals surface area contributed by atoms with Gasteiger partial charge in [-0.15, -0.1) is 0 Å². The van der Waals surface area contributed by atoms with E-state index in [1.165, 1.54) is 37.7 Å². The Hall–Kier alpha value is -1.78. The van der Waals surface area contributed by atoms with Crippen LogP contribution in [0.3, 0.4) is 0 Å². The van der Waals surface area contributed by atoms with Crippen molar-refractivity contribution in [1.82, 2.24) is 15.2 Å². The molecule has 1 aromatic heterocycles. The zero-order chi connectivity index (χ0) is 17.2. The lowest BCUT2D eigenvalue weighted by molar-refractivity contribution is 0.194. The highest BCUT2D eigenvalue weighted by Gasteiger charge is 2.21. The summed E-state index contributed by atoms with van der Waals surface area (Å²) in [5, 5.41) is 3.06. The lowest BCUT2D eigenvalue weighted by atomic mass is 10.1. The quantitative estimate of drug-likeness (QED) is 0.740. The Morgan fingerprint density at radius 3 is 2.46 bits per heavy atom. The summed E-state index contributed by atoms with van der Waals surface area (Å²) in [5.74, 6) is 1.01. The lowest BCUT2D eigenvalue weighted by Gasteiger charge is -2.35. The zero-order valence-corrected chi connectivity index (χ0v) is 15.3. The summed E-state index contributed by atoms with van der Waals surface area (Å²) in [5.41, 5.74) is 1.17. The third-order valence-corrected chi connectivity index (χ3v) is 4.59. The van der Waals surface area contributed by atoms with Crippen molar-refractivity contribution in [3.63, 3.8) is 0 Å². The molecule has 0 atom stereocenters. The van der Waals surface area contributed by atoms with E-state index < -0.39 is 0 Å². The molecule has 2 rings (SSSR count). The van der Waals surface area contributed by atoms with Crippen LogP contribution in [-0.2, 0) is 0 Å². The van der Waals surface area contributed by atoms with Crippen molar-refractivity contribution in [2.45, 2.75) is 52.4 Å². The minimum atomic E-state index is 0.0834. The molecule has 1 aliphatic rings. The largest absolute Gasteiger partial charge is 0.353 e. The van der Waals surface area contributed by atoms with Crippen molar-refractivity contribution in [2.24, 2.45) is 0 Å². The minimum absolute atomic E-state index is 0.0834. The van der Waals surface area contributed by atoms with E-state index in [1.807, 2.05) is 18.0 Å². The molecule has 0 radical (unpaired) electrons. The summed E-state index contributed by atoms with van der Waals surface area (Å²) in [4.78, 5) is 20.8. The molecule has 5 nitrogen and oxygen atoms in total. The Morgan fingerprint density at radius 2 is 1.79 bits per heavy atom. The molecule has 5 heteroatoms. The van der Waals surface area contributed by atoms with Crippen LogP contribution >= 0.6 is 0 Å². The SMILES string of the molecule is CCCCCCCCNC(=O)N1CCN(c2ccc(C)cn2)CC1. The average molecular weight is 332 g/mol. The zero-order valence-electron chi connectivity index (χ0n) is 15.3. The van der Waals surface area contributed by atoms with Crippen LogP contribution in [0, 0.1) is 6.92 Å². The molecule has 1 fully saturated rings. The highest BCUT2D eigenvalue weighted by atomic mass is 16.2. The summed E-state index contributed by atoms with van der Waals surface area (Å²) in [6.45, 7) is 8.29. The number of nitrogens with zero attached hydrogens (tertiary/aromatic N) is 3. The summed E-state index contributed by atoms with van der Waals surface area (Å²) >= 11 is 0. The number of nitrogens with one attached hydrogen (secondary N) is 1. The van der Waals surface area contributed by atoms with Gasteiger partial charge in [-0.25, -0.2) is 9.78 Å². The fourth-order valence-corrected chi connectivity index (χ4v) is 3.00. The molecule has 1 N–H and O–H groups in total. The fraction of sp³-hybridized carbons (Fsp3) is 0.684. The van der Waals surface area contributed by atoms with Crippen molar-refractivity contribution < 1.29 is 4.79 Å². The van der Waals surface area contributed by atoms with Crippen LogP contribution in [0.5, 0.6) is 0 Å². The molecule has 134 valence electrons. The van der Waals surface area contributed by atoms with Gasteiger partial charge in [0.1, 0.15) is 5.82 Å². The summed E-state index contributed by atoms with van der Waals surface area (Å²) in [6.07, 6.45) is 9.41. The number of aryl methyl sites for hydroxylation is 1. The standard InChI is InChI=1S/C19H32N4O/c1-3-4-5-6-7-8-11-20-19(24)23-14-12-22(13-15-23)18-10-9-17(2)16-21-18/h9-10,16H,3-8,11-15H2,1-2H3,(H,20,24). The van der Waals surface area contributed by atoms with E-state index in [9.17, 15) is 4.79 Å². The van der Waals surface area contributed by atoms with Gasteiger partial charge in [0.2, 0.25) is 0 Å². The van der Waals surface area contributed by atoms with Gasteiger partial charge in [0, 0.05) is 38.9 Å². The van der Waals surface area contributed by atoms with Gasteiger partial charge in [0.25, 0.3) is 0 Å².